The van der Waals surface area contributed by atoms with Crippen molar-refractivity contribution >= 4 is 17.9 Å². The van der Waals surface area contributed by atoms with Gasteiger partial charge >= 0.3 is 0 Å². The number of carboxylic acid groups (broad SMARTS) is 1. The molecule has 0 aromatic heterocycles. The third kappa shape index (κ3) is 3.42. The summed E-state index contributed by atoms with van der Waals surface area (Å²) in [6, 6.07) is 13.7. The number of rotatable bonds is 4. The molecule has 0 heterocycles. The second kappa shape index (κ2) is 5.82. The third-order valence-electron chi connectivity index (χ3n) is 2.56. The van der Waals surface area contributed by atoms with Crippen LogP contribution in [-0.2, 0) is 0 Å². The molecule has 2 rings (SSSR count). The number of ether oxygens (including phenoxy) is 1. The van der Waals surface area contributed by atoms with Crippen molar-refractivity contribution in [2.45, 2.75) is 0 Å². The Bertz CT molecular complexity index is 603. The van der Waals surface area contributed by atoms with Crippen molar-refractivity contribution in [1.29, 1.82) is 0 Å². The Kier molecular flexibility index (Phi) is 3.93. The maximum absolute atomic E-state index is 10.7. The Morgan fingerprint density at radius 2 is 1.95 bits per heavy atom. The average Bonchev–Trinajstić information content (AvgIpc) is 2.46. The van der Waals surface area contributed by atoms with Crippen LogP contribution in [0.1, 0.15) is 15.9 Å². The Balaban J connectivity index is 2.17. The van der Waals surface area contributed by atoms with E-state index >= 15 is 0 Å². The van der Waals surface area contributed by atoms with E-state index in [4.69, 9.17) is 4.74 Å². The van der Waals surface area contributed by atoms with Crippen LogP contribution in [0.2, 0.25) is 0 Å². The number of carbonyl (C=O) groups excluding carboxylic acids is 1. The molecule has 0 saturated heterocycles. The monoisotopic (exact) mass is 254 g/mol. The molecule has 0 aliphatic heterocycles. The highest BCUT2D eigenvalue weighted by molar-refractivity contribution is 5.88. The third-order valence-corrected chi connectivity index (χ3v) is 2.56. The van der Waals surface area contributed by atoms with Crippen molar-refractivity contribution < 1.29 is 14.6 Å². The number of benzene rings is 2. The van der Waals surface area contributed by atoms with Gasteiger partial charge in [0.25, 0.3) is 0 Å². The highest BCUT2D eigenvalue weighted by Gasteiger charge is 1.95. The van der Waals surface area contributed by atoms with Gasteiger partial charge in [-0.1, -0.05) is 12.1 Å². The van der Waals surface area contributed by atoms with Gasteiger partial charge in [0.15, 0.2) is 0 Å². The lowest BCUT2D eigenvalue weighted by Crippen LogP contribution is -2.21. The summed E-state index contributed by atoms with van der Waals surface area (Å²) in [5, 5.41) is 10.7. The van der Waals surface area contributed by atoms with Crippen LogP contribution in [0.4, 0.5) is 5.69 Å². The van der Waals surface area contributed by atoms with Gasteiger partial charge in [0, 0.05) is 6.21 Å². The largest absolute Gasteiger partial charge is 0.545 e. The molecule has 0 spiro atoms. The Hall–Kier alpha value is -2.62. The number of aromatic carboxylic acids is 1. The van der Waals surface area contributed by atoms with E-state index in [2.05, 4.69) is 4.99 Å². The molecule has 0 bridgehead atoms. The lowest BCUT2D eigenvalue weighted by atomic mass is 10.2. The fraction of sp³-hybridized carbons (Fsp3) is 0.0667. The zero-order valence-corrected chi connectivity index (χ0v) is 10.4. The summed E-state index contributed by atoms with van der Waals surface area (Å²) >= 11 is 0. The molecule has 0 fully saturated rings. The van der Waals surface area contributed by atoms with E-state index in [9.17, 15) is 9.90 Å². The summed E-state index contributed by atoms with van der Waals surface area (Å²) in [7, 11) is 1.61. The lowest BCUT2D eigenvalue weighted by molar-refractivity contribution is -0.255. The van der Waals surface area contributed by atoms with Crippen LogP contribution < -0.4 is 9.84 Å². The summed E-state index contributed by atoms with van der Waals surface area (Å²) in [5.41, 5.74) is 1.58. The highest BCUT2D eigenvalue weighted by atomic mass is 16.5. The molecule has 0 aliphatic rings. The molecule has 0 atom stereocenters. The molecule has 4 nitrogen and oxygen atoms in total. The quantitative estimate of drug-likeness (QED) is 0.782. The average molecular weight is 254 g/mol. The van der Waals surface area contributed by atoms with Crippen LogP contribution in [0.25, 0.3) is 0 Å². The van der Waals surface area contributed by atoms with E-state index in [0.717, 1.165) is 11.3 Å². The Morgan fingerprint density at radius 1 is 1.21 bits per heavy atom. The van der Waals surface area contributed by atoms with Crippen LogP contribution in [0.3, 0.4) is 0 Å². The number of aliphatic imine (C=N–C) groups is 1. The summed E-state index contributed by atoms with van der Waals surface area (Å²) in [6.45, 7) is 0. The maximum Gasteiger partial charge on any atom is 0.118 e. The molecule has 0 unspecified atom stereocenters. The Morgan fingerprint density at radius 3 is 2.58 bits per heavy atom. The van der Waals surface area contributed by atoms with Gasteiger partial charge in [-0.15, -0.1) is 0 Å². The lowest BCUT2D eigenvalue weighted by Gasteiger charge is -2.02. The molecule has 4 heteroatoms. The molecule has 96 valence electrons. The summed E-state index contributed by atoms with van der Waals surface area (Å²) in [6.07, 6.45) is 1.66. The van der Waals surface area contributed by atoms with Crippen LogP contribution in [-0.4, -0.2) is 19.3 Å². The highest BCUT2D eigenvalue weighted by Crippen LogP contribution is 2.15. The second-order valence-corrected chi connectivity index (χ2v) is 3.87. The van der Waals surface area contributed by atoms with Gasteiger partial charge in [0.2, 0.25) is 0 Å². The fourth-order valence-corrected chi connectivity index (χ4v) is 1.55. The first-order valence-electron chi connectivity index (χ1n) is 5.68. The maximum atomic E-state index is 10.7. The number of methoxy groups -OCH3 is 1. The van der Waals surface area contributed by atoms with Crippen molar-refractivity contribution in [2.75, 3.05) is 7.11 Å². The molecule has 0 radical (unpaired) electrons. The number of carboxylic acids is 1. The van der Waals surface area contributed by atoms with Crippen LogP contribution in [0, 0.1) is 0 Å². The van der Waals surface area contributed by atoms with Crippen LogP contribution >= 0.6 is 0 Å². The summed E-state index contributed by atoms with van der Waals surface area (Å²) in [5.74, 6) is -0.433. The van der Waals surface area contributed by atoms with Crippen molar-refractivity contribution in [1.82, 2.24) is 0 Å². The number of hydrogen-bond acceptors (Lipinski definition) is 4. The molecule has 2 aromatic carbocycles. The van der Waals surface area contributed by atoms with Gasteiger partial charge in [-0.05, 0) is 47.5 Å². The number of nitrogens with zero attached hydrogens (tertiary/aromatic N) is 1. The summed E-state index contributed by atoms with van der Waals surface area (Å²) < 4.78 is 5.06. The SMILES string of the molecule is COc1ccc(C=Nc2cccc(C(=O)[O-])c2)cc1. The zero-order valence-electron chi connectivity index (χ0n) is 10.4. The molecular weight excluding hydrogens is 242 g/mol. The standard InChI is InChI=1S/C15H13NO3/c1-19-14-7-5-11(6-8-14)10-16-13-4-2-3-12(9-13)15(17)18/h2-10H,1H3,(H,17,18)/p-1. The van der Waals surface area contributed by atoms with E-state index in [1.807, 2.05) is 24.3 Å². The van der Waals surface area contributed by atoms with Gasteiger partial charge in [-0.3, -0.25) is 4.99 Å². The molecule has 19 heavy (non-hydrogen) atoms. The topological polar surface area (TPSA) is 61.7 Å². The first-order chi connectivity index (χ1) is 9.19. The van der Waals surface area contributed by atoms with E-state index in [1.165, 1.54) is 12.1 Å². The predicted molar refractivity (Wildman–Crippen MR) is 71.0 cm³/mol. The zero-order chi connectivity index (χ0) is 13.7. The smallest absolute Gasteiger partial charge is 0.118 e. The fourth-order valence-electron chi connectivity index (χ4n) is 1.55. The first-order valence-corrected chi connectivity index (χ1v) is 5.68. The normalized spacial score (nSPS) is 10.6. The van der Waals surface area contributed by atoms with E-state index in [1.54, 1.807) is 25.5 Å². The van der Waals surface area contributed by atoms with Crippen molar-refractivity contribution in [3.05, 3.63) is 59.7 Å². The number of carbonyl (C=O) groups is 1. The van der Waals surface area contributed by atoms with Gasteiger partial charge in [0.05, 0.1) is 18.8 Å². The molecule has 0 amide bonds. The summed E-state index contributed by atoms with van der Waals surface area (Å²) in [4.78, 5) is 14.9. The minimum absolute atomic E-state index is 0.115. The Labute approximate surface area is 111 Å². The minimum atomic E-state index is -1.21. The van der Waals surface area contributed by atoms with Gasteiger partial charge < -0.3 is 14.6 Å². The molecule has 2 aromatic rings. The molecule has 0 N–H and O–H groups in total. The number of hydrogen-bond donors (Lipinski definition) is 0. The first kappa shape index (κ1) is 12.8. The van der Waals surface area contributed by atoms with Crippen molar-refractivity contribution in [3.8, 4) is 5.75 Å². The second-order valence-electron chi connectivity index (χ2n) is 3.87. The van der Waals surface area contributed by atoms with Gasteiger partial charge in [-0.25, -0.2) is 0 Å². The van der Waals surface area contributed by atoms with E-state index < -0.39 is 5.97 Å². The minimum Gasteiger partial charge on any atom is -0.545 e. The molecular formula is C15H12NO3-. The predicted octanol–water partition coefficient (Wildman–Crippen LogP) is 1.81. The van der Waals surface area contributed by atoms with Crippen LogP contribution in [0.15, 0.2) is 53.5 Å². The van der Waals surface area contributed by atoms with Crippen molar-refractivity contribution in [3.63, 3.8) is 0 Å². The molecule has 0 saturated carbocycles. The van der Waals surface area contributed by atoms with Gasteiger partial charge in [-0.2, -0.15) is 0 Å². The van der Waals surface area contributed by atoms with Gasteiger partial charge in [0.1, 0.15) is 5.75 Å². The van der Waals surface area contributed by atoms with E-state index in [0.29, 0.717) is 5.69 Å². The van der Waals surface area contributed by atoms with Crippen LogP contribution in [0.5, 0.6) is 5.75 Å². The molecule has 0 aliphatic carbocycles. The van der Waals surface area contributed by atoms with E-state index in [-0.39, 0.29) is 5.56 Å². The van der Waals surface area contributed by atoms with Crippen molar-refractivity contribution in [2.24, 2.45) is 4.99 Å².